The molecule has 0 fully saturated rings. The van der Waals surface area contributed by atoms with Crippen LogP contribution in [0.2, 0.25) is 0 Å². The molecule has 4 heteroatoms. The largest absolute Gasteiger partial charge is 0.364 e. The monoisotopic (exact) mass is 178 g/mol. The van der Waals surface area contributed by atoms with Gasteiger partial charge in [0.2, 0.25) is 0 Å². The Balaban J connectivity index is 3.22. The van der Waals surface area contributed by atoms with E-state index in [1.165, 1.54) is 0 Å². The molecule has 0 amide bonds. The Morgan fingerprint density at radius 1 is 1.60 bits per heavy atom. The SMILES string of the molecule is CN(C)C(=S)SCCCN. The highest BCUT2D eigenvalue weighted by molar-refractivity contribution is 8.22. The number of thiocarbonyl (C=S) groups is 1. The van der Waals surface area contributed by atoms with Gasteiger partial charge in [-0.25, -0.2) is 0 Å². The van der Waals surface area contributed by atoms with Crippen LogP contribution in [0.3, 0.4) is 0 Å². The summed E-state index contributed by atoms with van der Waals surface area (Å²) >= 11 is 6.73. The Morgan fingerprint density at radius 2 is 2.20 bits per heavy atom. The van der Waals surface area contributed by atoms with Crippen molar-refractivity contribution in [2.75, 3.05) is 26.4 Å². The second-order valence-electron chi connectivity index (χ2n) is 2.15. The molecule has 0 heterocycles. The van der Waals surface area contributed by atoms with Gasteiger partial charge >= 0.3 is 0 Å². The molecule has 0 aromatic carbocycles. The topological polar surface area (TPSA) is 29.3 Å². The van der Waals surface area contributed by atoms with Crippen molar-refractivity contribution in [3.63, 3.8) is 0 Å². The second kappa shape index (κ2) is 5.95. The van der Waals surface area contributed by atoms with E-state index in [0.29, 0.717) is 0 Å². The van der Waals surface area contributed by atoms with Crippen LogP contribution in [-0.4, -0.2) is 35.6 Å². The van der Waals surface area contributed by atoms with Gasteiger partial charge in [-0.1, -0.05) is 24.0 Å². The number of thioether (sulfide) groups is 1. The summed E-state index contributed by atoms with van der Waals surface area (Å²) in [5.41, 5.74) is 5.32. The summed E-state index contributed by atoms with van der Waals surface area (Å²) < 4.78 is 0.938. The first-order valence-electron chi connectivity index (χ1n) is 3.22. The zero-order valence-electron chi connectivity index (χ0n) is 6.46. The van der Waals surface area contributed by atoms with E-state index in [-0.39, 0.29) is 0 Å². The van der Waals surface area contributed by atoms with Gasteiger partial charge in [0.25, 0.3) is 0 Å². The fraction of sp³-hybridized carbons (Fsp3) is 0.833. The van der Waals surface area contributed by atoms with E-state index >= 15 is 0 Å². The number of hydrogen-bond acceptors (Lipinski definition) is 3. The molecule has 0 saturated carbocycles. The number of hydrogen-bond donors (Lipinski definition) is 1. The summed E-state index contributed by atoms with van der Waals surface area (Å²) in [4.78, 5) is 1.94. The molecule has 10 heavy (non-hydrogen) atoms. The van der Waals surface area contributed by atoms with Crippen LogP contribution >= 0.6 is 24.0 Å². The molecule has 0 aromatic heterocycles. The quantitative estimate of drug-likeness (QED) is 0.514. The Morgan fingerprint density at radius 3 is 2.60 bits per heavy atom. The Hall–Kier alpha value is 0.200. The van der Waals surface area contributed by atoms with Crippen LogP contribution < -0.4 is 5.73 Å². The molecule has 0 bridgehead atoms. The van der Waals surface area contributed by atoms with E-state index in [2.05, 4.69) is 0 Å². The molecule has 2 N–H and O–H groups in total. The van der Waals surface area contributed by atoms with Gasteiger partial charge in [-0.15, -0.1) is 0 Å². The van der Waals surface area contributed by atoms with E-state index in [0.717, 1.165) is 23.0 Å². The molecule has 60 valence electrons. The normalized spacial score (nSPS) is 9.50. The van der Waals surface area contributed by atoms with E-state index in [4.69, 9.17) is 18.0 Å². The Kier molecular flexibility index (Phi) is 6.06. The Bertz CT molecular complexity index is 104. The average Bonchev–Trinajstić information content (AvgIpc) is 1.88. The lowest BCUT2D eigenvalue weighted by molar-refractivity contribution is 0.648. The first-order valence-corrected chi connectivity index (χ1v) is 4.62. The summed E-state index contributed by atoms with van der Waals surface area (Å²) in [6.07, 6.45) is 1.04. The van der Waals surface area contributed by atoms with Gasteiger partial charge in [-0.3, -0.25) is 0 Å². The van der Waals surface area contributed by atoms with Crippen LogP contribution in [0.5, 0.6) is 0 Å². The molecule has 0 aliphatic carbocycles. The maximum atomic E-state index is 5.32. The van der Waals surface area contributed by atoms with Crippen LogP contribution in [0.25, 0.3) is 0 Å². The van der Waals surface area contributed by atoms with Gasteiger partial charge in [0.05, 0.1) is 0 Å². The van der Waals surface area contributed by atoms with Crippen molar-refractivity contribution in [2.24, 2.45) is 5.73 Å². The van der Waals surface area contributed by atoms with Crippen molar-refractivity contribution < 1.29 is 0 Å². The molecule has 0 aromatic rings. The van der Waals surface area contributed by atoms with Crippen molar-refractivity contribution in [1.29, 1.82) is 0 Å². The van der Waals surface area contributed by atoms with Gasteiger partial charge < -0.3 is 10.6 Å². The average molecular weight is 178 g/mol. The maximum Gasteiger partial charge on any atom is 0.135 e. The molecule has 0 aliphatic heterocycles. The van der Waals surface area contributed by atoms with Crippen LogP contribution in [0, 0.1) is 0 Å². The highest BCUT2D eigenvalue weighted by Gasteiger charge is 1.97. The van der Waals surface area contributed by atoms with Gasteiger partial charge in [0.15, 0.2) is 0 Å². The lowest BCUT2D eigenvalue weighted by atomic mass is 10.5. The smallest absolute Gasteiger partial charge is 0.135 e. The number of nitrogens with zero attached hydrogens (tertiary/aromatic N) is 1. The van der Waals surface area contributed by atoms with E-state index in [1.54, 1.807) is 11.8 Å². The molecule has 0 radical (unpaired) electrons. The van der Waals surface area contributed by atoms with Crippen LogP contribution in [-0.2, 0) is 0 Å². The lowest BCUT2D eigenvalue weighted by Gasteiger charge is -2.11. The fourth-order valence-electron chi connectivity index (χ4n) is 0.372. The minimum atomic E-state index is 0.753. The predicted molar refractivity (Wildman–Crippen MR) is 52.4 cm³/mol. The molecule has 2 nitrogen and oxygen atoms in total. The molecule has 0 aliphatic rings. The molecule has 0 spiro atoms. The zero-order valence-corrected chi connectivity index (χ0v) is 8.10. The molecule has 0 rings (SSSR count). The third kappa shape index (κ3) is 5.02. The number of nitrogens with two attached hydrogens (primary N) is 1. The summed E-state index contributed by atoms with van der Waals surface area (Å²) in [5, 5.41) is 0. The standard InChI is InChI=1S/C6H14N2S2/c1-8(2)6(9)10-5-3-4-7/h3-5,7H2,1-2H3. The molecule has 0 unspecified atom stereocenters. The van der Waals surface area contributed by atoms with Crippen molar-refractivity contribution in [3.05, 3.63) is 0 Å². The summed E-state index contributed by atoms with van der Waals surface area (Å²) in [6.45, 7) is 0.753. The minimum Gasteiger partial charge on any atom is -0.364 e. The van der Waals surface area contributed by atoms with E-state index in [9.17, 15) is 0 Å². The minimum absolute atomic E-state index is 0.753. The van der Waals surface area contributed by atoms with E-state index < -0.39 is 0 Å². The number of rotatable bonds is 3. The van der Waals surface area contributed by atoms with Crippen LogP contribution in [0.1, 0.15) is 6.42 Å². The van der Waals surface area contributed by atoms with E-state index in [1.807, 2.05) is 19.0 Å². The summed E-state index contributed by atoms with van der Waals surface area (Å²) in [5.74, 6) is 1.04. The summed E-state index contributed by atoms with van der Waals surface area (Å²) in [7, 11) is 3.91. The lowest BCUT2D eigenvalue weighted by Crippen LogP contribution is -2.16. The highest BCUT2D eigenvalue weighted by Crippen LogP contribution is 2.06. The van der Waals surface area contributed by atoms with Gasteiger partial charge in [-0.2, -0.15) is 0 Å². The first kappa shape index (κ1) is 10.2. The van der Waals surface area contributed by atoms with Crippen molar-refractivity contribution in [2.45, 2.75) is 6.42 Å². The molecule has 0 atom stereocenters. The highest BCUT2D eigenvalue weighted by atomic mass is 32.2. The fourth-order valence-corrected chi connectivity index (χ4v) is 1.37. The summed E-state index contributed by atoms with van der Waals surface area (Å²) in [6, 6.07) is 0. The Labute approximate surface area is 72.1 Å². The van der Waals surface area contributed by atoms with Crippen LogP contribution in [0.15, 0.2) is 0 Å². The third-order valence-electron chi connectivity index (χ3n) is 0.939. The van der Waals surface area contributed by atoms with Gasteiger partial charge in [0, 0.05) is 19.8 Å². The second-order valence-corrected chi connectivity index (χ2v) is 3.88. The van der Waals surface area contributed by atoms with Gasteiger partial charge in [-0.05, 0) is 13.0 Å². The zero-order chi connectivity index (χ0) is 7.98. The third-order valence-corrected chi connectivity index (χ3v) is 2.76. The van der Waals surface area contributed by atoms with Crippen LogP contribution in [0.4, 0.5) is 0 Å². The van der Waals surface area contributed by atoms with Crippen molar-refractivity contribution >= 4 is 28.3 Å². The van der Waals surface area contributed by atoms with Crippen molar-refractivity contribution in [1.82, 2.24) is 4.90 Å². The molecular weight excluding hydrogens is 164 g/mol. The molecular formula is C6H14N2S2. The predicted octanol–water partition coefficient (Wildman–Crippen LogP) is 0.915. The van der Waals surface area contributed by atoms with Gasteiger partial charge in [0.1, 0.15) is 4.32 Å². The maximum absolute atomic E-state index is 5.32. The first-order chi connectivity index (χ1) is 4.68. The molecule has 0 saturated heterocycles. The van der Waals surface area contributed by atoms with Crippen molar-refractivity contribution in [3.8, 4) is 0 Å².